The van der Waals surface area contributed by atoms with Gasteiger partial charge in [-0.1, -0.05) is 41.5 Å². The molecule has 4 heteroatoms. The van der Waals surface area contributed by atoms with Crippen molar-refractivity contribution in [1.29, 1.82) is 0 Å². The fraction of sp³-hybridized carbons (Fsp3) is 0.364. The Morgan fingerprint density at radius 1 is 0.962 bits per heavy atom. The van der Waals surface area contributed by atoms with Gasteiger partial charge in [-0.3, -0.25) is 5.32 Å². The Kier molecular flexibility index (Phi) is 7.25. The largest absolute Gasteiger partial charge is 0.333 e. The molecule has 4 nitrogen and oxygen atoms in total. The molecule has 0 spiro atoms. The summed E-state index contributed by atoms with van der Waals surface area (Å²) < 4.78 is 0. The first-order valence-electron chi connectivity index (χ1n) is 9.10. The zero-order valence-corrected chi connectivity index (χ0v) is 16.5. The van der Waals surface area contributed by atoms with E-state index in [1.807, 2.05) is 0 Å². The average Bonchev–Trinajstić information content (AvgIpc) is 3.10. The molecule has 0 bridgehead atoms. The van der Waals surface area contributed by atoms with Gasteiger partial charge in [0.2, 0.25) is 0 Å². The minimum absolute atomic E-state index is 0.0225. The van der Waals surface area contributed by atoms with Crippen LogP contribution in [0.4, 0.5) is 0 Å². The maximum atomic E-state index is 4.50. The molecular weight excluding hydrogens is 320 g/mol. The summed E-state index contributed by atoms with van der Waals surface area (Å²) in [6, 6.07) is 13.1. The number of benzene rings is 2. The lowest BCUT2D eigenvalue weighted by Crippen LogP contribution is -2.26. The van der Waals surface area contributed by atoms with Gasteiger partial charge < -0.3 is 5.73 Å². The van der Waals surface area contributed by atoms with Crippen LogP contribution in [0.2, 0.25) is 0 Å². The molecule has 1 heterocycles. The Bertz CT molecular complexity index is 789. The number of aryl methyl sites for hydroxylation is 3. The van der Waals surface area contributed by atoms with Crippen LogP contribution in [0.1, 0.15) is 33.4 Å². The fourth-order valence-corrected chi connectivity index (χ4v) is 3.01. The summed E-state index contributed by atoms with van der Waals surface area (Å²) in [7, 11) is 1.50. The summed E-state index contributed by atoms with van der Waals surface area (Å²) >= 11 is 0. The second-order valence-electron chi connectivity index (χ2n) is 6.66. The van der Waals surface area contributed by atoms with Crippen molar-refractivity contribution in [2.45, 2.75) is 40.3 Å². The summed E-state index contributed by atoms with van der Waals surface area (Å²) in [6.45, 7) is 9.43. The number of nitrogens with one attached hydrogen (secondary N) is 1. The maximum Gasteiger partial charge on any atom is 0.142 e. The van der Waals surface area contributed by atoms with Crippen LogP contribution in [0, 0.1) is 27.7 Å². The molecule has 0 saturated carbocycles. The zero-order valence-electron chi connectivity index (χ0n) is 16.5. The Balaban J connectivity index is 0.00000117. The van der Waals surface area contributed by atoms with Crippen molar-refractivity contribution in [1.82, 2.24) is 5.32 Å². The SMILES string of the molecule is CN.Cc1ccc(CCNC2C=C(c3cc(C)cc(C)c3C)N=N2)cc1. The summed E-state index contributed by atoms with van der Waals surface area (Å²) in [5.41, 5.74) is 13.2. The van der Waals surface area contributed by atoms with E-state index in [-0.39, 0.29) is 6.17 Å². The van der Waals surface area contributed by atoms with E-state index in [1.54, 1.807) is 0 Å². The molecule has 138 valence electrons. The molecule has 1 aliphatic rings. The molecule has 0 radical (unpaired) electrons. The molecule has 0 fully saturated rings. The highest BCUT2D eigenvalue weighted by atomic mass is 15.2. The van der Waals surface area contributed by atoms with Gasteiger partial charge in [0.05, 0.1) is 5.70 Å². The first kappa shape index (κ1) is 20.0. The van der Waals surface area contributed by atoms with Crippen molar-refractivity contribution in [3.05, 3.63) is 75.9 Å². The van der Waals surface area contributed by atoms with E-state index in [0.29, 0.717) is 0 Å². The first-order valence-corrected chi connectivity index (χ1v) is 9.10. The van der Waals surface area contributed by atoms with Crippen molar-refractivity contribution >= 4 is 5.70 Å². The van der Waals surface area contributed by atoms with Crippen molar-refractivity contribution in [3.63, 3.8) is 0 Å². The quantitative estimate of drug-likeness (QED) is 0.836. The smallest absolute Gasteiger partial charge is 0.142 e. The molecule has 3 N–H and O–H groups in total. The van der Waals surface area contributed by atoms with Gasteiger partial charge in [-0.25, -0.2) is 0 Å². The second kappa shape index (κ2) is 9.41. The average molecular weight is 351 g/mol. The molecule has 1 aliphatic heterocycles. The molecule has 0 amide bonds. The van der Waals surface area contributed by atoms with Gasteiger partial charge in [0.15, 0.2) is 0 Å². The lowest BCUT2D eigenvalue weighted by Gasteiger charge is -2.09. The number of nitrogens with two attached hydrogens (primary N) is 1. The van der Waals surface area contributed by atoms with Gasteiger partial charge in [-0.15, -0.1) is 0 Å². The standard InChI is InChI=1S/C21H25N3.CH5N/c1-14-5-7-18(8-6-14)9-10-22-21-13-20(23-24-21)19-12-15(2)11-16(3)17(19)4;1-2/h5-8,11-13,21-22H,9-10H2,1-4H3;2H2,1H3. The topological polar surface area (TPSA) is 62.8 Å². The Morgan fingerprint density at radius 3 is 2.35 bits per heavy atom. The first-order chi connectivity index (χ1) is 12.5. The maximum absolute atomic E-state index is 4.50. The third kappa shape index (κ3) is 5.10. The predicted molar refractivity (Wildman–Crippen MR) is 110 cm³/mol. The molecule has 2 aromatic rings. The highest BCUT2D eigenvalue weighted by Crippen LogP contribution is 2.28. The van der Waals surface area contributed by atoms with Crippen LogP contribution in [0.5, 0.6) is 0 Å². The summed E-state index contributed by atoms with van der Waals surface area (Å²) in [4.78, 5) is 0. The summed E-state index contributed by atoms with van der Waals surface area (Å²) in [5, 5.41) is 12.2. The van der Waals surface area contributed by atoms with E-state index in [2.05, 4.69) is 91.4 Å². The Labute approximate surface area is 157 Å². The zero-order chi connectivity index (χ0) is 19.1. The van der Waals surface area contributed by atoms with E-state index < -0.39 is 0 Å². The highest BCUT2D eigenvalue weighted by Gasteiger charge is 2.16. The minimum atomic E-state index is -0.0225. The third-order valence-electron chi connectivity index (χ3n) is 4.58. The molecule has 1 atom stereocenters. The van der Waals surface area contributed by atoms with Crippen LogP contribution in [-0.4, -0.2) is 19.8 Å². The normalized spacial score (nSPS) is 15.5. The summed E-state index contributed by atoms with van der Waals surface area (Å²) in [5.74, 6) is 0. The molecule has 1 unspecified atom stereocenters. The van der Waals surface area contributed by atoms with Gasteiger partial charge in [-0.2, -0.15) is 10.2 Å². The number of hydrogen-bond donors (Lipinski definition) is 2. The van der Waals surface area contributed by atoms with Gasteiger partial charge in [0.25, 0.3) is 0 Å². The number of hydrogen-bond acceptors (Lipinski definition) is 4. The van der Waals surface area contributed by atoms with E-state index >= 15 is 0 Å². The lowest BCUT2D eigenvalue weighted by molar-refractivity contribution is 0.607. The van der Waals surface area contributed by atoms with Crippen LogP contribution < -0.4 is 11.1 Å². The van der Waals surface area contributed by atoms with Gasteiger partial charge in [0, 0.05) is 12.1 Å². The fourth-order valence-electron chi connectivity index (χ4n) is 3.01. The molecule has 26 heavy (non-hydrogen) atoms. The van der Waals surface area contributed by atoms with Crippen molar-refractivity contribution in [2.24, 2.45) is 16.0 Å². The number of azo groups is 1. The lowest BCUT2D eigenvalue weighted by atomic mass is 9.98. The van der Waals surface area contributed by atoms with Crippen LogP contribution in [-0.2, 0) is 6.42 Å². The van der Waals surface area contributed by atoms with E-state index in [1.165, 1.54) is 40.4 Å². The number of nitrogens with zero attached hydrogens (tertiary/aromatic N) is 2. The van der Waals surface area contributed by atoms with Crippen molar-refractivity contribution in [3.8, 4) is 0 Å². The summed E-state index contributed by atoms with van der Waals surface area (Å²) in [6.07, 6.45) is 3.10. The molecule has 3 rings (SSSR count). The van der Waals surface area contributed by atoms with Crippen molar-refractivity contribution < 1.29 is 0 Å². The van der Waals surface area contributed by atoms with E-state index in [4.69, 9.17) is 0 Å². The van der Waals surface area contributed by atoms with Crippen LogP contribution in [0.3, 0.4) is 0 Å². The Morgan fingerprint density at radius 2 is 1.65 bits per heavy atom. The molecular formula is C22H30N4. The second-order valence-corrected chi connectivity index (χ2v) is 6.66. The Hall–Kier alpha value is -2.30. The molecule has 0 aromatic heterocycles. The van der Waals surface area contributed by atoms with E-state index in [0.717, 1.165) is 18.7 Å². The monoisotopic (exact) mass is 350 g/mol. The number of rotatable bonds is 5. The minimum Gasteiger partial charge on any atom is -0.333 e. The van der Waals surface area contributed by atoms with Gasteiger partial charge in [0.1, 0.15) is 6.17 Å². The molecule has 0 saturated heterocycles. The predicted octanol–water partition coefficient (Wildman–Crippen LogP) is 4.46. The molecule has 2 aromatic carbocycles. The van der Waals surface area contributed by atoms with Crippen LogP contribution in [0.15, 0.2) is 52.7 Å². The van der Waals surface area contributed by atoms with Crippen LogP contribution >= 0.6 is 0 Å². The van der Waals surface area contributed by atoms with Gasteiger partial charge >= 0.3 is 0 Å². The molecule has 0 aliphatic carbocycles. The highest BCUT2D eigenvalue weighted by molar-refractivity contribution is 5.70. The van der Waals surface area contributed by atoms with Crippen molar-refractivity contribution in [2.75, 3.05) is 13.6 Å². The van der Waals surface area contributed by atoms with Crippen LogP contribution in [0.25, 0.3) is 5.70 Å². The van der Waals surface area contributed by atoms with Gasteiger partial charge in [-0.05, 0) is 70.0 Å². The van der Waals surface area contributed by atoms with E-state index in [9.17, 15) is 0 Å². The third-order valence-corrected chi connectivity index (χ3v) is 4.58.